The van der Waals surface area contributed by atoms with Crippen LogP contribution in [0.4, 0.5) is 27.8 Å². The lowest BCUT2D eigenvalue weighted by Crippen LogP contribution is -2.50. The Morgan fingerprint density at radius 1 is 1.20 bits per heavy atom. The number of hydrogen-bond donors (Lipinski definition) is 4. The fraction of sp³-hybridized carbons (Fsp3) is 0.379. The van der Waals surface area contributed by atoms with Crippen molar-refractivity contribution in [1.29, 1.82) is 0 Å². The third-order valence-electron chi connectivity index (χ3n) is 7.17. The molecule has 0 spiro atoms. The quantitative estimate of drug-likeness (QED) is 0.322. The Bertz CT molecular complexity index is 1530. The maximum absolute atomic E-state index is 12.2. The van der Waals surface area contributed by atoms with Crippen molar-refractivity contribution in [2.75, 3.05) is 41.7 Å². The fourth-order valence-corrected chi connectivity index (χ4v) is 4.91. The number of carbonyl (C=O) groups is 2. The molecule has 2 aliphatic heterocycles. The van der Waals surface area contributed by atoms with Gasteiger partial charge in [-0.3, -0.25) is 4.79 Å². The highest BCUT2D eigenvalue weighted by atomic mass is 16.7. The molecule has 214 valence electrons. The molecule has 2 saturated heterocycles. The molecular formula is C29H34N8O4. The average molecular weight is 559 g/mol. The van der Waals surface area contributed by atoms with E-state index >= 15 is 0 Å². The summed E-state index contributed by atoms with van der Waals surface area (Å²) in [7, 11) is 0. The Labute approximate surface area is 237 Å². The van der Waals surface area contributed by atoms with E-state index in [0.29, 0.717) is 49.4 Å². The van der Waals surface area contributed by atoms with Crippen LogP contribution in [0.15, 0.2) is 54.4 Å². The largest absolute Gasteiger partial charge is 0.418 e. The molecule has 1 aliphatic carbocycles. The third-order valence-corrected chi connectivity index (χ3v) is 7.17. The smallest absolute Gasteiger partial charge is 0.412 e. The number of carbonyl (C=O) groups excluding carboxylic acids is 2. The van der Waals surface area contributed by atoms with E-state index < -0.39 is 11.9 Å². The van der Waals surface area contributed by atoms with Gasteiger partial charge in [0.2, 0.25) is 11.7 Å². The monoisotopic (exact) mass is 558 g/mol. The minimum absolute atomic E-state index is 0.0669. The summed E-state index contributed by atoms with van der Waals surface area (Å²) in [5.41, 5.74) is 4.85. The molecule has 1 aromatic carbocycles. The van der Waals surface area contributed by atoms with Crippen molar-refractivity contribution < 1.29 is 19.4 Å². The molecule has 0 atom stereocenters. The summed E-state index contributed by atoms with van der Waals surface area (Å²) in [6, 6.07) is 10.5. The van der Waals surface area contributed by atoms with E-state index in [9.17, 15) is 14.7 Å². The number of rotatable bonds is 7. The van der Waals surface area contributed by atoms with Crippen LogP contribution in [0.25, 0.3) is 11.7 Å². The standard InChI is InChI=1S/C29H34N8O4/c1-18-19(15-26(38)31-18)14-20-17-30-37-25(33-22-4-5-22)16-24(34-27(20)37)32-21-6-8-23(9-7-21)35-10-12-36(13-11-35)28(39)41-29(2,3)40/h6-9,14,16-17,22,33,40H,1,4-5,10-13,15H2,2-3H3,(H,31,38)(H,32,34)/b19-14+. The Kier molecular flexibility index (Phi) is 6.78. The van der Waals surface area contributed by atoms with Crippen LogP contribution >= 0.6 is 0 Å². The zero-order valence-corrected chi connectivity index (χ0v) is 23.2. The zero-order chi connectivity index (χ0) is 28.7. The van der Waals surface area contributed by atoms with E-state index in [2.05, 4.69) is 32.5 Å². The van der Waals surface area contributed by atoms with Crippen molar-refractivity contribution in [3.8, 4) is 0 Å². The average Bonchev–Trinajstić information content (AvgIpc) is 3.56. The molecule has 41 heavy (non-hydrogen) atoms. The van der Waals surface area contributed by atoms with E-state index in [1.165, 1.54) is 13.8 Å². The number of nitrogens with zero attached hydrogens (tertiary/aromatic N) is 5. The molecule has 6 rings (SSSR count). The summed E-state index contributed by atoms with van der Waals surface area (Å²) in [6.07, 6.45) is 5.69. The Balaban J connectivity index is 1.17. The van der Waals surface area contributed by atoms with Gasteiger partial charge in [-0.2, -0.15) is 9.61 Å². The molecule has 2 aromatic heterocycles. The van der Waals surface area contributed by atoms with Gasteiger partial charge >= 0.3 is 6.09 Å². The molecule has 3 fully saturated rings. The van der Waals surface area contributed by atoms with Crippen molar-refractivity contribution in [1.82, 2.24) is 24.8 Å². The highest BCUT2D eigenvalue weighted by Crippen LogP contribution is 2.30. The van der Waals surface area contributed by atoms with E-state index in [-0.39, 0.29) is 12.3 Å². The summed E-state index contributed by atoms with van der Waals surface area (Å²) in [6.45, 7) is 9.17. The van der Waals surface area contributed by atoms with Gasteiger partial charge in [0.15, 0.2) is 5.65 Å². The molecule has 0 radical (unpaired) electrons. The molecule has 4 N–H and O–H groups in total. The number of allylic oxidation sites excluding steroid dienone is 1. The van der Waals surface area contributed by atoms with Gasteiger partial charge in [0.1, 0.15) is 11.6 Å². The predicted molar refractivity (Wildman–Crippen MR) is 156 cm³/mol. The van der Waals surface area contributed by atoms with Gasteiger partial charge < -0.3 is 35.6 Å². The van der Waals surface area contributed by atoms with Crippen molar-refractivity contribution in [2.45, 2.75) is 44.9 Å². The first kappa shape index (κ1) is 26.6. The minimum Gasteiger partial charge on any atom is -0.418 e. The van der Waals surface area contributed by atoms with Crippen molar-refractivity contribution in [3.63, 3.8) is 0 Å². The second kappa shape index (κ2) is 10.4. The SMILES string of the molecule is C=C1NC(=O)C/C1=C\c1cnn2c(NC3CC3)cc(Nc3ccc(N4CCN(C(=O)OC(C)(C)O)CC4)cc3)nc12. The lowest BCUT2D eigenvalue weighted by atomic mass is 10.1. The van der Waals surface area contributed by atoms with Crippen LogP contribution in [0.1, 0.15) is 38.7 Å². The summed E-state index contributed by atoms with van der Waals surface area (Å²) in [4.78, 5) is 32.7. The van der Waals surface area contributed by atoms with Gasteiger partial charge in [0.05, 0.1) is 12.6 Å². The Morgan fingerprint density at radius 2 is 1.93 bits per heavy atom. The molecule has 3 aromatic rings. The molecule has 0 unspecified atom stereocenters. The van der Waals surface area contributed by atoms with Crippen LogP contribution in [0, 0.1) is 0 Å². The lowest BCUT2D eigenvalue weighted by molar-refractivity contribution is -0.139. The molecule has 3 aliphatic rings. The fourth-order valence-electron chi connectivity index (χ4n) is 4.91. The van der Waals surface area contributed by atoms with Crippen LogP contribution < -0.4 is 20.9 Å². The zero-order valence-electron chi connectivity index (χ0n) is 23.2. The van der Waals surface area contributed by atoms with Gasteiger partial charge in [-0.05, 0) is 48.8 Å². The molecule has 0 bridgehead atoms. The van der Waals surface area contributed by atoms with Gasteiger partial charge in [-0.25, -0.2) is 9.78 Å². The molecular weight excluding hydrogens is 524 g/mol. The number of ether oxygens (including phenoxy) is 1. The second-order valence-corrected chi connectivity index (χ2v) is 11.1. The number of aromatic nitrogens is 3. The summed E-state index contributed by atoms with van der Waals surface area (Å²) < 4.78 is 6.87. The first-order valence-electron chi connectivity index (χ1n) is 13.8. The second-order valence-electron chi connectivity index (χ2n) is 11.1. The first-order valence-corrected chi connectivity index (χ1v) is 13.8. The van der Waals surface area contributed by atoms with Crippen LogP contribution in [0.2, 0.25) is 0 Å². The van der Waals surface area contributed by atoms with Crippen LogP contribution in [0.3, 0.4) is 0 Å². The van der Waals surface area contributed by atoms with E-state index in [1.54, 1.807) is 15.6 Å². The predicted octanol–water partition coefficient (Wildman–Crippen LogP) is 3.45. The number of fused-ring (bicyclic) bond motifs is 1. The summed E-state index contributed by atoms with van der Waals surface area (Å²) in [5.74, 6) is -0.0401. The maximum Gasteiger partial charge on any atom is 0.412 e. The Morgan fingerprint density at radius 3 is 2.56 bits per heavy atom. The number of amides is 2. The molecule has 4 heterocycles. The van der Waals surface area contributed by atoms with Crippen molar-refractivity contribution >= 4 is 46.7 Å². The van der Waals surface area contributed by atoms with Crippen LogP contribution in [-0.2, 0) is 9.53 Å². The molecule has 2 amide bonds. The number of hydrogen-bond acceptors (Lipinski definition) is 9. The number of anilines is 4. The normalized spacial score (nSPS) is 18.7. The highest BCUT2D eigenvalue weighted by molar-refractivity contribution is 5.90. The number of benzene rings is 1. The molecule has 12 heteroatoms. The van der Waals surface area contributed by atoms with E-state index in [0.717, 1.165) is 41.2 Å². The number of nitrogens with one attached hydrogen (secondary N) is 3. The topological polar surface area (TPSA) is 136 Å². The minimum atomic E-state index is -1.50. The van der Waals surface area contributed by atoms with Gasteiger partial charge in [-0.15, -0.1) is 0 Å². The van der Waals surface area contributed by atoms with E-state index in [1.807, 2.05) is 36.4 Å². The lowest BCUT2D eigenvalue weighted by Gasteiger charge is -2.36. The molecule has 1 saturated carbocycles. The van der Waals surface area contributed by atoms with Gasteiger partial charge in [0.25, 0.3) is 0 Å². The third kappa shape index (κ3) is 6.12. The number of aliphatic hydroxyl groups is 1. The van der Waals surface area contributed by atoms with Crippen molar-refractivity contribution in [2.24, 2.45) is 0 Å². The van der Waals surface area contributed by atoms with Gasteiger partial charge in [-0.1, -0.05) is 6.58 Å². The summed E-state index contributed by atoms with van der Waals surface area (Å²) in [5, 5.41) is 24.0. The molecule has 12 nitrogen and oxygen atoms in total. The Hall–Kier alpha value is -4.58. The van der Waals surface area contributed by atoms with Gasteiger partial charge in [0, 0.05) is 74.8 Å². The van der Waals surface area contributed by atoms with Crippen molar-refractivity contribution in [3.05, 3.63) is 59.9 Å². The maximum atomic E-state index is 12.2. The van der Waals surface area contributed by atoms with E-state index in [4.69, 9.17) is 9.72 Å². The number of piperazine rings is 1. The first-order chi connectivity index (χ1) is 19.6. The highest BCUT2D eigenvalue weighted by Gasteiger charge is 2.27. The van der Waals surface area contributed by atoms with Crippen LogP contribution in [-0.4, -0.2) is 74.6 Å². The summed E-state index contributed by atoms with van der Waals surface area (Å²) >= 11 is 0. The van der Waals surface area contributed by atoms with Crippen LogP contribution in [0.5, 0.6) is 0 Å².